The van der Waals surface area contributed by atoms with Crippen LogP contribution in [0.2, 0.25) is 0 Å². The first-order valence-electron chi connectivity index (χ1n) is 10.0. The maximum atomic E-state index is 12.6. The van der Waals surface area contributed by atoms with Crippen LogP contribution in [0.4, 0.5) is 4.79 Å². The van der Waals surface area contributed by atoms with Gasteiger partial charge in [-0.05, 0) is 60.4 Å². The van der Waals surface area contributed by atoms with E-state index in [4.69, 9.17) is 15.2 Å². The molecule has 0 saturated heterocycles. The Kier molecular flexibility index (Phi) is 13.1. The topological polar surface area (TPSA) is 149 Å². The fourth-order valence-corrected chi connectivity index (χ4v) is 2.55. The van der Waals surface area contributed by atoms with Crippen LogP contribution in [0.25, 0.3) is 0 Å². The largest absolute Gasteiger partial charge is 0.464 e. The number of nitrogens with one attached hydrogen (secondary N) is 3. The van der Waals surface area contributed by atoms with Crippen molar-refractivity contribution in [1.29, 1.82) is 0 Å². The third-order valence-corrected chi connectivity index (χ3v) is 4.14. The van der Waals surface area contributed by atoms with Crippen molar-refractivity contribution in [2.75, 3.05) is 18.9 Å². The number of ether oxygens (including phenoxy) is 2. The van der Waals surface area contributed by atoms with Gasteiger partial charge < -0.3 is 31.2 Å². The molecular formula is C19H36N4O6S. The summed E-state index contributed by atoms with van der Waals surface area (Å²) in [5.41, 5.74) is 4.77. The second kappa shape index (κ2) is 14.1. The van der Waals surface area contributed by atoms with Crippen LogP contribution in [0, 0.1) is 0 Å². The number of esters is 1. The molecule has 0 aromatic heterocycles. The number of unbranched alkanes of at least 4 members (excludes halogenated alkanes) is 1. The molecule has 0 aromatic rings. The molecule has 0 aliphatic heterocycles. The molecule has 0 aliphatic carbocycles. The molecule has 0 rings (SSSR count). The van der Waals surface area contributed by atoms with Gasteiger partial charge in [0.1, 0.15) is 23.7 Å². The van der Waals surface area contributed by atoms with Crippen LogP contribution in [-0.4, -0.2) is 66.5 Å². The van der Waals surface area contributed by atoms with E-state index in [1.165, 1.54) is 6.92 Å². The fourth-order valence-electron chi connectivity index (χ4n) is 2.31. The summed E-state index contributed by atoms with van der Waals surface area (Å²) in [5, 5.41) is 7.56. The molecule has 0 saturated carbocycles. The van der Waals surface area contributed by atoms with Crippen LogP contribution >= 0.6 is 12.6 Å². The smallest absolute Gasteiger partial charge is 0.408 e. The molecule has 0 aliphatic rings. The third-order valence-electron chi connectivity index (χ3n) is 3.78. The maximum Gasteiger partial charge on any atom is 0.408 e. The van der Waals surface area contributed by atoms with Gasteiger partial charge in [0, 0.05) is 5.75 Å². The Hall–Kier alpha value is -2.01. The molecule has 0 bridgehead atoms. The summed E-state index contributed by atoms with van der Waals surface area (Å²) in [6.07, 6.45) is 0.887. The van der Waals surface area contributed by atoms with Gasteiger partial charge in [-0.3, -0.25) is 9.59 Å². The van der Waals surface area contributed by atoms with Crippen LogP contribution in [-0.2, 0) is 23.9 Å². The number of carbonyl (C=O) groups excluding carboxylic acids is 4. The highest BCUT2D eigenvalue weighted by Crippen LogP contribution is 2.08. The Morgan fingerprint density at radius 2 is 1.63 bits per heavy atom. The van der Waals surface area contributed by atoms with Gasteiger partial charge in [-0.1, -0.05) is 0 Å². The van der Waals surface area contributed by atoms with Crippen molar-refractivity contribution in [2.45, 2.75) is 77.6 Å². The van der Waals surface area contributed by atoms with Gasteiger partial charge in [-0.15, -0.1) is 0 Å². The molecule has 11 heteroatoms. The molecule has 0 spiro atoms. The molecule has 0 heterocycles. The van der Waals surface area contributed by atoms with Gasteiger partial charge in [-0.2, -0.15) is 12.6 Å². The van der Waals surface area contributed by atoms with E-state index < -0.39 is 47.6 Å². The highest BCUT2D eigenvalue weighted by Gasteiger charge is 2.28. The van der Waals surface area contributed by atoms with Gasteiger partial charge in [0.2, 0.25) is 11.8 Å². The Labute approximate surface area is 183 Å². The quantitative estimate of drug-likeness (QED) is 0.166. The summed E-state index contributed by atoms with van der Waals surface area (Å²) >= 11 is 4.04. The van der Waals surface area contributed by atoms with Crippen LogP contribution in [0.15, 0.2) is 0 Å². The fraction of sp³-hybridized carbons (Fsp3) is 0.789. The van der Waals surface area contributed by atoms with Gasteiger partial charge >= 0.3 is 12.1 Å². The van der Waals surface area contributed by atoms with Gasteiger partial charge in [0.05, 0.1) is 6.61 Å². The van der Waals surface area contributed by atoms with Crippen molar-refractivity contribution in [1.82, 2.24) is 16.0 Å². The molecule has 0 radical (unpaired) electrons. The summed E-state index contributed by atoms with van der Waals surface area (Å²) < 4.78 is 10.1. The van der Waals surface area contributed by atoms with E-state index in [1.807, 2.05) is 0 Å². The summed E-state index contributed by atoms with van der Waals surface area (Å²) in [6, 6.07) is -2.78. The number of hydrogen-bond donors (Lipinski definition) is 5. The highest BCUT2D eigenvalue weighted by molar-refractivity contribution is 7.80. The zero-order valence-corrected chi connectivity index (χ0v) is 19.3. The second-order valence-corrected chi connectivity index (χ2v) is 8.07. The van der Waals surface area contributed by atoms with Gasteiger partial charge in [0.25, 0.3) is 0 Å². The maximum absolute atomic E-state index is 12.6. The monoisotopic (exact) mass is 448 g/mol. The average Bonchev–Trinajstić information content (AvgIpc) is 2.63. The van der Waals surface area contributed by atoms with Crippen LogP contribution in [0.1, 0.15) is 53.9 Å². The molecular weight excluding hydrogens is 412 g/mol. The molecule has 5 N–H and O–H groups in total. The zero-order valence-electron chi connectivity index (χ0n) is 18.4. The second-order valence-electron chi connectivity index (χ2n) is 7.71. The van der Waals surface area contributed by atoms with Crippen LogP contribution in [0.5, 0.6) is 0 Å². The Bertz CT molecular complexity index is 582. The lowest BCUT2D eigenvalue weighted by Crippen LogP contribution is -2.55. The number of carbonyl (C=O) groups is 4. The minimum absolute atomic E-state index is 0.0488. The SMILES string of the molecule is CCOC(=O)[C@H](CS)NC(=O)[C@H](C)NC(=O)[C@H](CCCCN)NC(=O)OC(C)(C)C. The van der Waals surface area contributed by atoms with Gasteiger partial charge in [0.15, 0.2) is 0 Å². The minimum Gasteiger partial charge on any atom is -0.464 e. The lowest BCUT2D eigenvalue weighted by molar-refractivity contribution is -0.146. The molecule has 0 fully saturated rings. The number of nitrogens with two attached hydrogens (primary N) is 1. The van der Waals surface area contributed by atoms with E-state index in [2.05, 4.69) is 28.6 Å². The number of thiol groups is 1. The van der Waals surface area contributed by atoms with E-state index >= 15 is 0 Å². The molecule has 174 valence electrons. The average molecular weight is 449 g/mol. The van der Waals surface area contributed by atoms with E-state index in [0.717, 1.165) is 0 Å². The molecule has 30 heavy (non-hydrogen) atoms. The number of alkyl carbamates (subject to hydrolysis) is 1. The van der Waals surface area contributed by atoms with Crippen molar-refractivity contribution in [3.63, 3.8) is 0 Å². The Morgan fingerprint density at radius 1 is 1.00 bits per heavy atom. The van der Waals surface area contributed by atoms with Crippen LogP contribution in [0.3, 0.4) is 0 Å². The first kappa shape index (κ1) is 28.0. The van der Waals surface area contributed by atoms with Crippen molar-refractivity contribution < 1.29 is 28.7 Å². The summed E-state index contributed by atoms with van der Waals surface area (Å²) in [5.74, 6) is -1.68. The van der Waals surface area contributed by atoms with E-state index in [1.54, 1.807) is 27.7 Å². The van der Waals surface area contributed by atoms with Crippen molar-refractivity contribution >= 4 is 36.5 Å². The third kappa shape index (κ3) is 11.9. The number of rotatable bonds is 12. The molecule has 3 atom stereocenters. The molecule has 0 aromatic carbocycles. The van der Waals surface area contributed by atoms with Crippen molar-refractivity contribution in [2.24, 2.45) is 5.73 Å². The summed E-state index contributed by atoms with van der Waals surface area (Å²) in [7, 11) is 0. The Balaban J connectivity index is 4.98. The van der Waals surface area contributed by atoms with E-state index in [-0.39, 0.29) is 12.4 Å². The number of hydrogen-bond acceptors (Lipinski definition) is 8. The lowest BCUT2D eigenvalue weighted by atomic mass is 10.1. The Morgan fingerprint density at radius 3 is 2.13 bits per heavy atom. The zero-order chi connectivity index (χ0) is 23.3. The summed E-state index contributed by atoms with van der Waals surface area (Å²) in [4.78, 5) is 48.9. The minimum atomic E-state index is -0.952. The lowest BCUT2D eigenvalue weighted by Gasteiger charge is -2.25. The van der Waals surface area contributed by atoms with Gasteiger partial charge in [-0.25, -0.2) is 9.59 Å². The van der Waals surface area contributed by atoms with Crippen molar-refractivity contribution in [3.8, 4) is 0 Å². The van der Waals surface area contributed by atoms with E-state index in [0.29, 0.717) is 25.8 Å². The van der Waals surface area contributed by atoms with Crippen LogP contribution < -0.4 is 21.7 Å². The first-order valence-corrected chi connectivity index (χ1v) is 10.7. The molecule has 10 nitrogen and oxygen atoms in total. The normalized spacial score (nSPS) is 14.1. The standard InChI is InChI=1S/C19H36N4O6S/c1-6-28-17(26)14(11-30)22-15(24)12(2)21-16(25)13(9-7-8-10-20)23-18(27)29-19(3,4)5/h12-14,30H,6-11,20H2,1-5H3,(H,21,25)(H,22,24)(H,23,27)/t12-,13-,14-/m0/s1. The number of amides is 3. The first-order chi connectivity index (χ1) is 13.9. The predicted octanol–water partition coefficient (Wildman–Crippen LogP) is 0.491. The van der Waals surface area contributed by atoms with Crippen molar-refractivity contribution in [3.05, 3.63) is 0 Å². The predicted molar refractivity (Wildman–Crippen MR) is 116 cm³/mol. The molecule has 0 unspecified atom stereocenters. The molecule has 3 amide bonds. The summed E-state index contributed by atoms with van der Waals surface area (Å²) in [6.45, 7) is 8.89. The van der Waals surface area contributed by atoms with E-state index in [9.17, 15) is 19.2 Å². The highest BCUT2D eigenvalue weighted by atomic mass is 32.1.